The van der Waals surface area contributed by atoms with E-state index in [2.05, 4.69) is 37.9 Å². The van der Waals surface area contributed by atoms with Gasteiger partial charge in [-0.05, 0) is 78.0 Å². The number of carbonyl (C=O) groups is 1. The molecule has 3 rings (SSSR count). The molecule has 0 fully saturated rings. The number of rotatable bonds is 4. The van der Waals surface area contributed by atoms with Crippen LogP contribution in [0.5, 0.6) is 5.75 Å². The number of hydrogen-bond acceptors (Lipinski definition) is 4. The maximum absolute atomic E-state index is 12.4. The van der Waals surface area contributed by atoms with Crippen LogP contribution in [-0.4, -0.2) is 23.0 Å². The second kappa shape index (κ2) is 7.60. The lowest BCUT2D eigenvalue weighted by Gasteiger charge is -2.09. The van der Waals surface area contributed by atoms with Gasteiger partial charge in [0.15, 0.2) is 5.82 Å². The standard InChI is InChI=1S/C19H16IN3O2/c1-12-17(19(24)23-15-7-5-14(20)6-8-15)11-21-18(22-12)13-3-9-16(25-2)10-4-13/h3-11H,1-2H3,(H,23,24). The van der Waals surface area contributed by atoms with Crippen LogP contribution in [0.2, 0.25) is 0 Å². The lowest BCUT2D eigenvalue weighted by molar-refractivity contribution is 0.102. The molecule has 1 amide bonds. The predicted octanol–water partition coefficient (Wildman–Crippen LogP) is 4.32. The van der Waals surface area contributed by atoms with Gasteiger partial charge in [-0.3, -0.25) is 4.79 Å². The minimum absolute atomic E-state index is 0.222. The molecule has 0 aliphatic carbocycles. The first-order valence-corrected chi connectivity index (χ1v) is 8.69. The Balaban J connectivity index is 1.81. The van der Waals surface area contributed by atoms with Crippen molar-refractivity contribution in [2.24, 2.45) is 0 Å². The summed E-state index contributed by atoms with van der Waals surface area (Å²) in [6.45, 7) is 1.80. The number of nitrogens with zero attached hydrogens (tertiary/aromatic N) is 2. The fourth-order valence-electron chi connectivity index (χ4n) is 2.30. The third-order valence-corrected chi connectivity index (χ3v) is 4.39. The number of anilines is 1. The first kappa shape index (κ1) is 17.3. The molecule has 0 saturated carbocycles. The van der Waals surface area contributed by atoms with Crippen molar-refractivity contribution in [3.8, 4) is 17.1 Å². The van der Waals surface area contributed by atoms with E-state index in [1.807, 2.05) is 48.5 Å². The van der Waals surface area contributed by atoms with Gasteiger partial charge in [0.25, 0.3) is 5.91 Å². The SMILES string of the molecule is COc1ccc(-c2ncc(C(=O)Nc3ccc(I)cc3)c(C)n2)cc1. The van der Waals surface area contributed by atoms with Gasteiger partial charge in [-0.25, -0.2) is 9.97 Å². The van der Waals surface area contributed by atoms with Crippen molar-refractivity contribution in [1.82, 2.24) is 9.97 Å². The Morgan fingerprint density at radius 2 is 1.76 bits per heavy atom. The highest BCUT2D eigenvalue weighted by Crippen LogP contribution is 2.20. The maximum atomic E-state index is 12.4. The second-order valence-electron chi connectivity index (χ2n) is 5.38. The summed E-state index contributed by atoms with van der Waals surface area (Å²) >= 11 is 2.22. The van der Waals surface area contributed by atoms with Crippen LogP contribution in [0.1, 0.15) is 16.1 Å². The van der Waals surface area contributed by atoms with Gasteiger partial charge in [0.1, 0.15) is 5.75 Å². The third-order valence-electron chi connectivity index (χ3n) is 3.67. The molecule has 0 unspecified atom stereocenters. The Bertz CT molecular complexity index is 894. The monoisotopic (exact) mass is 445 g/mol. The van der Waals surface area contributed by atoms with E-state index >= 15 is 0 Å². The van der Waals surface area contributed by atoms with Crippen molar-refractivity contribution in [1.29, 1.82) is 0 Å². The van der Waals surface area contributed by atoms with Crippen LogP contribution in [-0.2, 0) is 0 Å². The van der Waals surface area contributed by atoms with Crippen molar-refractivity contribution in [3.63, 3.8) is 0 Å². The summed E-state index contributed by atoms with van der Waals surface area (Å²) in [4.78, 5) is 21.2. The van der Waals surface area contributed by atoms with E-state index in [0.29, 0.717) is 17.1 Å². The van der Waals surface area contributed by atoms with Crippen LogP contribution in [0.4, 0.5) is 5.69 Å². The highest BCUT2D eigenvalue weighted by Gasteiger charge is 2.13. The van der Waals surface area contributed by atoms with Crippen LogP contribution in [0.15, 0.2) is 54.7 Å². The average molecular weight is 445 g/mol. The first-order valence-electron chi connectivity index (χ1n) is 7.62. The van der Waals surface area contributed by atoms with Gasteiger partial charge in [0.2, 0.25) is 0 Å². The Morgan fingerprint density at radius 3 is 2.36 bits per heavy atom. The summed E-state index contributed by atoms with van der Waals surface area (Å²) < 4.78 is 6.26. The fraction of sp³-hybridized carbons (Fsp3) is 0.105. The number of amides is 1. The smallest absolute Gasteiger partial charge is 0.259 e. The van der Waals surface area contributed by atoms with Gasteiger partial charge in [0.05, 0.1) is 18.4 Å². The van der Waals surface area contributed by atoms with Crippen LogP contribution in [0, 0.1) is 10.5 Å². The highest BCUT2D eigenvalue weighted by molar-refractivity contribution is 14.1. The molecule has 3 aromatic rings. The summed E-state index contributed by atoms with van der Waals surface area (Å²) in [7, 11) is 1.62. The molecule has 25 heavy (non-hydrogen) atoms. The van der Waals surface area contributed by atoms with E-state index < -0.39 is 0 Å². The second-order valence-corrected chi connectivity index (χ2v) is 6.63. The molecule has 0 aliphatic heterocycles. The van der Waals surface area contributed by atoms with Crippen molar-refractivity contribution in [2.75, 3.05) is 12.4 Å². The first-order chi connectivity index (χ1) is 12.1. The van der Waals surface area contributed by atoms with E-state index in [1.54, 1.807) is 20.2 Å². The number of nitrogens with one attached hydrogen (secondary N) is 1. The van der Waals surface area contributed by atoms with E-state index in [9.17, 15) is 4.79 Å². The van der Waals surface area contributed by atoms with Gasteiger partial charge < -0.3 is 10.1 Å². The lowest BCUT2D eigenvalue weighted by atomic mass is 10.1. The molecule has 0 atom stereocenters. The van der Waals surface area contributed by atoms with E-state index in [0.717, 1.165) is 20.6 Å². The van der Waals surface area contributed by atoms with Crippen LogP contribution in [0.3, 0.4) is 0 Å². The highest BCUT2D eigenvalue weighted by atomic mass is 127. The minimum atomic E-state index is -0.222. The van der Waals surface area contributed by atoms with Gasteiger partial charge in [-0.15, -0.1) is 0 Å². The van der Waals surface area contributed by atoms with Crippen molar-refractivity contribution in [3.05, 3.63) is 69.6 Å². The molecule has 0 bridgehead atoms. The molecule has 0 aliphatic rings. The molecule has 0 saturated heterocycles. The summed E-state index contributed by atoms with van der Waals surface area (Å²) in [5, 5.41) is 2.86. The van der Waals surface area contributed by atoms with E-state index in [1.165, 1.54) is 0 Å². The van der Waals surface area contributed by atoms with Crippen LogP contribution in [0.25, 0.3) is 11.4 Å². The summed E-state index contributed by atoms with van der Waals surface area (Å²) in [6, 6.07) is 15.1. The molecule has 6 heteroatoms. The Labute approximate surface area is 159 Å². The third kappa shape index (κ3) is 4.14. The van der Waals surface area contributed by atoms with Crippen LogP contribution < -0.4 is 10.1 Å². The molecular weight excluding hydrogens is 429 g/mol. The van der Waals surface area contributed by atoms with Gasteiger partial charge in [-0.1, -0.05) is 0 Å². The molecule has 2 aromatic carbocycles. The predicted molar refractivity (Wildman–Crippen MR) is 106 cm³/mol. The largest absolute Gasteiger partial charge is 0.497 e. The number of aryl methyl sites for hydroxylation is 1. The molecule has 5 nitrogen and oxygen atoms in total. The number of hydrogen-bond donors (Lipinski definition) is 1. The lowest BCUT2D eigenvalue weighted by Crippen LogP contribution is -2.15. The zero-order valence-electron chi connectivity index (χ0n) is 13.8. The Morgan fingerprint density at radius 1 is 1.08 bits per heavy atom. The number of aromatic nitrogens is 2. The quantitative estimate of drug-likeness (QED) is 0.608. The normalized spacial score (nSPS) is 10.4. The van der Waals surface area contributed by atoms with Crippen molar-refractivity contribution in [2.45, 2.75) is 6.92 Å². The van der Waals surface area contributed by atoms with Crippen molar-refractivity contribution >= 4 is 34.2 Å². The zero-order chi connectivity index (χ0) is 17.8. The molecule has 126 valence electrons. The molecule has 0 spiro atoms. The van der Waals surface area contributed by atoms with Gasteiger partial charge in [-0.2, -0.15) is 0 Å². The molecule has 1 heterocycles. The van der Waals surface area contributed by atoms with Crippen molar-refractivity contribution < 1.29 is 9.53 Å². The van der Waals surface area contributed by atoms with E-state index in [-0.39, 0.29) is 5.91 Å². The number of carbonyl (C=O) groups excluding carboxylic acids is 1. The zero-order valence-corrected chi connectivity index (χ0v) is 15.9. The average Bonchev–Trinajstić information content (AvgIpc) is 2.63. The fourth-order valence-corrected chi connectivity index (χ4v) is 2.66. The Hall–Kier alpha value is -2.48. The molecular formula is C19H16IN3O2. The van der Waals surface area contributed by atoms with Gasteiger partial charge >= 0.3 is 0 Å². The number of methoxy groups -OCH3 is 1. The Kier molecular flexibility index (Phi) is 5.28. The number of benzene rings is 2. The number of halogens is 1. The summed E-state index contributed by atoms with van der Waals surface area (Å²) in [5.74, 6) is 1.12. The molecule has 1 aromatic heterocycles. The molecule has 0 radical (unpaired) electrons. The number of ether oxygens (including phenoxy) is 1. The summed E-state index contributed by atoms with van der Waals surface area (Å²) in [5.41, 5.74) is 2.69. The van der Waals surface area contributed by atoms with E-state index in [4.69, 9.17) is 4.74 Å². The summed E-state index contributed by atoms with van der Waals surface area (Å²) in [6.07, 6.45) is 1.56. The topological polar surface area (TPSA) is 64.1 Å². The molecule has 1 N–H and O–H groups in total. The van der Waals surface area contributed by atoms with Crippen LogP contribution >= 0.6 is 22.6 Å². The minimum Gasteiger partial charge on any atom is -0.497 e. The van der Waals surface area contributed by atoms with Gasteiger partial charge in [0, 0.05) is 21.0 Å². The maximum Gasteiger partial charge on any atom is 0.259 e.